The number of pyridine rings is 1. The fourth-order valence-electron chi connectivity index (χ4n) is 2.17. The van der Waals surface area contributed by atoms with E-state index in [1.807, 2.05) is 18.5 Å². The zero-order chi connectivity index (χ0) is 12.4. The third kappa shape index (κ3) is 2.53. The quantitative estimate of drug-likeness (QED) is 0.874. The number of aromatic nitrogens is 1. The predicted molar refractivity (Wildman–Crippen MR) is 74.7 cm³/mol. The van der Waals surface area contributed by atoms with Crippen molar-refractivity contribution in [2.75, 3.05) is 5.32 Å². The molecule has 3 rings (SSSR count). The molecule has 92 valence electrons. The third-order valence-corrected chi connectivity index (χ3v) is 3.55. The Kier molecular flexibility index (Phi) is 3.01. The van der Waals surface area contributed by atoms with E-state index in [0.717, 1.165) is 18.2 Å². The van der Waals surface area contributed by atoms with Gasteiger partial charge in [-0.2, -0.15) is 0 Å². The average molecular weight is 238 g/mol. The SMILES string of the molecule is Cc1ccncc1NCc1ccc(C2CC2)cc1. The Bertz CT molecular complexity index is 527. The largest absolute Gasteiger partial charge is 0.380 e. The summed E-state index contributed by atoms with van der Waals surface area (Å²) in [4.78, 5) is 4.14. The topological polar surface area (TPSA) is 24.9 Å². The van der Waals surface area contributed by atoms with E-state index < -0.39 is 0 Å². The summed E-state index contributed by atoms with van der Waals surface area (Å²) in [5.74, 6) is 0.840. The lowest BCUT2D eigenvalue weighted by atomic mass is 10.1. The second kappa shape index (κ2) is 4.81. The summed E-state index contributed by atoms with van der Waals surface area (Å²) in [6, 6.07) is 11.0. The van der Waals surface area contributed by atoms with Crippen LogP contribution >= 0.6 is 0 Å². The number of aryl methyl sites for hydroxylation is 1. The molecule has 0 bridgehead atoms. The summed E-state index contributed by atoms with van der Waals surface area (Å²) in [7, 11) is 0. The number of nitrogens with one attached hydrogen (secondary N) is 1. The molecule has 18 heavy (non-hydrogen) atoms. The molecule has 1 aromatic heterocycles. The van der Waals surface area contributed by atoms with E-state index >= 15 is 0 Å². The summed E-state index contributed by atoms with van der Waals surface area (Å²) in [5, 5.41) is 3.43. The maximum Gasteiger partial charge on any atom is 0.0559 e. The summed E-state index contributed by atoms with van der Waals surface area (Å²) in [5.41, 5.74) is 5.17. The van der Waals surface area contributed by atoms with Crippen molar-refractivity contribution in [2.45, 2.75) is 32.2 Å². The van der Waals surface area contributed by atoms with Gasteiger partial charge in [-0.05, 0) is 48.4 Å². The van der Waals surface area contributed by atoms with Crippen molar-refractivity contribution in [3.8, 4) is 0 Å². The van der Waals surface area contributed by atoms with Gasteiger partial charge in [0.1, 0.15) is 0 Å². The number of anilines is 1. The monoisotopic (exact) mass is 238 g/mol. The Morgan fingerprint density at radius 2 is 1.94 bits per heavy atom. The summed E-state index contributed by atoms with van der Waals surface area (Å²) in [6.07, 6.45) is 6.44. The molecule has 1 fully saturated rings. The van der Waals surface area contributed by atoms with E-state index in [2.05, 4.69) is 41.5 Å². The van der Waals surface area contributed by atoms with Crippen LogP contribution in [0.4, 0.5) is 5.69 Å². The molecule has 0 spiro atoms. The minimum atomic E-state index is 0.840. The normalized spacial score (nSPS) is 14.5. The Labute approximate surface area is 108 Å². The van der Waals surface area contributed by atoms with Gasteiger partial charge in [0.2, 0.25) is 0 Å². The van der Waals surface area contributed by atoms with Gasteiger partial charge < -0.3 is 5.32 Å². The van der Waals surface area contributed by atoms with E-state index in [1.165, 1.54) is 29.5 Å². The van der Waals surface area contributed by atoms with Gasteiger partial charge in [-0.15, -0.1) is 0 Å². The molecule has 1 heterocycles. The van der Waals surface area contributed by atoms with Crippen LogP contribution in [-0.2, 0) is 6.54 Å². The Morgan fingerprint density at radius 3 is 2.61 bits per heavy atom. The van der Waals surface area contributed by atoms with Gasteiger partial charge in [0.25, 0.3) is 0 Å². The molecule has 0 amide bonds. The van der Waals surface area contributed by atoms with E-state index in [0.29, 0.717) is 0 Å². The fourth-order valence-corrected chi connectivity index (χ4v) is 2.17. The van der Waals surface area contributed by atoms with Crippen LogP contribution in [0, 0.1) is 6.92 Å². The number of hydrogen-bond acceptors (Lipinski definition) is 2. The van der Waals surface area contributed by atoms with Crippen LogP contribution in [0.2, 0.25) is 0 Å². The van der Waals surface area contributed by atoms with Gasteiger partial charge in [0.15, 0.2) is 0 Å². The van der Waals surface area contributed by atoms with Gasteiger partial charge >= 0.3 is 0 Å². The number of hydrogen-bond donors (Lipinski definition) is 1. The van der Waals surface area contributed by atoms with Gasteiger partial charge in [0.05, 0.1) is 11.9 Å². The highest BCUT2D eigenvalue weighted by Gasteiger charge is 2.22. The molecule has 1 N–H and O–H groups in total. The zero-order valence-corrected chi connectivity index (χ0v) is 10.7. The van der Waals surface area contributed by atoms with Crippen molar-refractivity contribution in [1.29, 1.82) is 0 Å². The van der Waals surface area contributed by atoms with Gasteiger partial charge in [-0.1, -0.05) is 24.3 Å². The van der Waals surface area contributed by atoms with Gasteiger partial charge in [0, 0.05) is 12.7 Å². The van der Waals surface area contributed by atoms with Crippen molar-refractivity contribution in [3.63, 3.8) is 0 Å². The first-order chi connectivity index (χ1) is 8.83. The Balaban J connectivity index is 1.64. The molecular weight excluding hydrogens is 220 g/mol. The molecular formula is C16H18N2. The zero-order valence-electron chi connectivity index (χ0n) is 10.7. The average Bonchev–Trinajstić information content (AvgIpc) is 3.23. The molecule has 1 aliphatic carbocycles. The maximum atomic E-state index is 4.14. The summed E-state index contributed by atoms with van der Waals surface area (Å²) in [6.45, 7) is 2.96. The van der Waals surface area contributed by atoms with E-state index in [1.54, 1.807) is 0 Å². The number of nitrogens with zero attached hydrogens (tertiary/aromatic N) is 1. The van der Waals surface area contributed by atoms with Crippen LogP contribution in [0.15, 0.2) is 42.7 Å². The van der Waals surface area contributed by atoms with Crippen LogP contribution in [0.25, 0.3) is 0 Å². The Morgan fingerprint density at radius 1 is 1.17 bits per heavy atom. The van der Waals surface area contributed by atoms with E-state index in [-0.39, 0.29) is 0 Å². The second-order valence-electron chi connectivity index (χ2n) is 5.06. The minimum Gasteiger partial charge on any atom is -0.380 e. The lowest BCUT2D eigenvalue weighted by Gasteiger charge is -2.09. The standard InChI is InChI=1S/C16H18N2/c1-12-8-9-17-11-16(12)18-10-13-2-4-14(5-3-13)15-6-7-15/h2-5,8-9,11,15,18H,6-7,10H2,1H3. The van der Waals surface area contributed by atoms with Crippen molar-refractivity contribution >= 4 is 5.69 Å². The van der Waals surface area contributed by atoms with Gasteiger partial charge in [-0.3, -0.25) is 4.98 Å². The van der Waals surface area contributed by atoms with Crippen LogP contribution < -0.4 is 5.32 Å². The summed E-state index contributed by atoms with van der Waals surface area (Å²) < 4.78 is 0. The molecule has 1 aromatic carbocycles. The van der Waals surface area contributed by atoms with Crippen molar-refractivity contribution in [2.24, 2.45) is 0 Å². The van der Waals surface area contributed by atoms with Crippen LogP contribution in [0.5, 0.6) is 0 Å². The number of benzene rings is 1. The summed E-state index contributed by atoms with van der Waals surface area (Å²) >= 11 is 0. The third-order valence-electron chi connectivity index (χ3n) is 3.55. The van der Waals surface area contributed by atoms with Crippen molar-refractivity contribution < 1.29 is 0 Å². The molecule has 2 heteroatoms. The highest BCUT2D eigenvalue weighted by molar-refractivity contribution is 5.48. The molecule has 0 atom stereocenters. The number of rotatable bonds is 4. The minimum absolute atomic E-state index is 0.840. The molecule has 0 saturated heterocycles. The predicted octanol–water partition coefficient (Wildman–Crippen LogP) is 3.88. The van der Waals surface area contributed by atoms with Gasteiger partial charge in [-0.25, -0.2) is 0 Å². The lowest BCUT2D eigenvalue weighted by molar-refractivity contribution is 1.09. The molecule has 2 nitrogen and oxygen atoms in total. The first-order valence-electron chi connectivity index (χ1n) is 6.56. The first-order valence-corrected chi connectivity index (χ1v) is 6.56. The van der Waals surface area contributed by atoms with Crippen molar-refractivity contribution in [1.82, 2.24) is 4.98 Å². The van der Waals surface area contributed by atoms with Crippen LogP contribution in [0.3, 0.4) is 0 Å². The highest BCUT2D eigenvalue weighted by atomic mass is 14.9. The van der Waals surface area contributed by atoms with Crippen LogP contribution in [0.1, 0.15) is 35.4 Å². The molecule has 2 aromatic rings. The molecule has 0 aliphatic heterocycles. The molecule has 0 unspecified atom stereocenters. The first kappa shape index (κ1) is 11.3. The van der Waals surface area contributed by atoms with E-state index in [4.69, 9.17) is 0 Å². The fraction of sp³-hybridized carbons (Fsp3) is 0.312. The molecule has 0 radical (unpaired) electrons. The smallest absolute Gasteiger partial charge is 0.0559 e. The van der Waals surface area contributed by atoms with Crippen molar-refractivity contribution in [3.05, 3.63) is 59.4 Å². The maximum absolute atomic E-state index is 4.14. The molecule has 1 aliphatic rings. The Hall–Kier alpha value is -1.83. The van der Waals surface area contributed by atoms with Crippen LogP contribution in [-0.4, -0.2) is 4.98 Å². The lowest BCUT2D eigenvalue weighted by Crippen LogP contribution is -2.01. The highest BCUT2D eigenvalue weighted by Crippen LogP contribution is 2.39. The van der Waals surface area contributed by atoms with E-state index in [9.17, 15) is 0 Å². The second-order valence-corrected chi connectivity index (χ2v) is 5.06. The molecule has 1 saturated carbocycles.